The van der Waals surface area contributed by atoms with Crippen molar-refractivity contribution < 1.29 is 10.2 Å². The fourth-order valence-electron chi connectivity index (χ4n) is 1.51. The molecule has 4 N–H and O–H groups in total. The first-order valence-electron chi connectivity index (χ1n) is 4.72. The molecule has 0 radical (unpaired) electrons. The lowest BCUT2D eigenvalue weighted by Crippen LogP contribution is -2.12. The van der Waals surface area contributed by atoms with Crippen LogP contribution in [0, 0.1) is 13.8 Å². The molecule has 14 heavy (non-hydrogen) atoms. The Bertz CT molecular complexity index is 300. The van der Waals surface area contributed by atoms with E-state index < -0.39 is 0 Å². The number of nitrogens with two attached hydrogens (primary N) is 1. The van der Waals surface area contributed by atoms with Crippen LogP contribution in [-0.4, -0.2) is 16.8 Å². The van der Waals surface area contributed by atoms with Crippen molar-refractivity contribution >= 4 is 0 Å². The number of hydrogen-bond donors (Lipinski definition) is 3. The van der Waals surface area contributed by atoms with Gasteiger partial charge in [-0.2, -0.15) is 0 Å². The molecule has 3 heteroatoms. The van der Waals surface area contributed by atoms with Crippen LogP contribution in [0.3, 0.4) is 0 Å². The monoisotopic (exact) mass is 195 g/mol. The van der Waals surface area contributed by atoms with Crippen LogP contribution in [0.4, 0.5) is 0 Å². The van der Waals surface area contributed by atoms with Gasteiger partial charge in [-0.25, -0.2) is 0 Å². The summed E-state index contributed by atoms with van der Waals surface area (Å²) in [5.74, 6) is 0.324. The highest BCUT2D eigenvalue weighted by atomic mass is 16.3. The summed E-state index contributed by atoms with van der Waals surface area (Å²) in [4.78, 5) is 0. The van der Waals surface area contributed by atoms with Crippen LogP contribution in [0.5, 0.6) is 5.75 Å². The zero-order chi connectivity index (χ0) is 10.7. The Morgan fingerprint density at radius 2 is 1.79 bits per heavy atom. The Balaban J connectivity index is 3.00. The molecule has 78 valence electrons. The van der Waals surface area contributed by atoms with Gasteiger partial charge in [-0.15, -0.1) is 0 Å². The molecule has 0 saturated carbocycles. The number of aryl methyl sites for hydroxylation is 2. The standard InChI is InChI=1S/C11H17NO2/c1-7-5-9(10(12)3-4-13)6-8(2)11(7)14/h5-6,10,13-14H,3-4,12H2,1-2H3/t10-/m0/s1. The molecule has 0 aliphatic carbocycles. The number of hydrogen-bond acceptors (Lipinski definition) is 3. The van der Waals surface area contributed by atoms with Crippen molar-refractivity contribution in [2.75, 3.05) is 6.61 Å². The van der Waals surface area contributed by atoms with E-state index in [-0.39, 0.29) is 12.6 Å². The maximum atomic E-state index is 9.55. The number of phenolic OH excluding ortho intramolecular Hbond substituents is 1. The van der Waals surface area contributed by atoms with Crippen LogP contribution >= 0.6 is 0 Å². The number of phenols is 1. The van der Waals surface area contributed by atoms with E-state index in [0.29, 0.717) is 12.2 Å². The fraction of sp³-hybridized carbons (Fsp3) is 0.455. The second kappa shape index (κ2) is 4.44. The van der Waals surface area contributed by atoms with Crippen LogP contribution in [0.25, 0.3) is 0 Å². The first kappa shape index (κ1) is 11.0. The number of aliphatic hydroxyl groups is 1. The van der Waals surface area contributed by atoms with E-state index in [1.54, 1.807) is 0 Å². The van der Waals surface area contributed by atoms with Crippen molar-refractivity contribution in [3.05, 3.63) is 28.8 Å². The van der Waals surface area contributed by atoms with Gasteiger partial charge in [-0.05, 0) is 37.0 Å². The molecule has 1 atom stereocenters. The van der Waals surface area contributed by atoms with E-state index >= 15 is 0 Å². The van der Waals surface area contributed by atoms with E-state index in [9.17, 15) is 5.11 Å². The van der Waals surface area contributed by atoms with Crippen LogP contribution in [-0.2, 0) is 0 Å². The molecule has 0 spiro atoms. The molecule has 0 aliphatic heterocycles. The van der Waals surface area contributed by atoms with Gasteiger partial charge in [0.2, 0.25) is 0 Å². The van der Waals surface area contributed by atoms with Gasteiger partial charge in [-0.1, -0.05) is 12.1 Å². The van der Waals surface area contributed by atoms with E-state index in [4.69, 9.17) is 10.8 Å². The van der Waals surface area contributed by atoms with Gasteiger partial charge >= 0.3 is 0 Å². The SMILES string of the molecule is Cc1cc([C@@H](N)CCO)cc(C)c1O. The summed E-state index contributed by atoms with van der Waals surface area (Å²) in [6.07, 6.45) is 0.545. The molecule has 0 fully saturated rings. The first-order valence-corrected chi connectivity index (χ1v) is 4.72. The van der Waals surface area contributed by atoms with Crippen LogP contribution in [0.2, 0.25) is 0 Å². The smallest absolute Gasteiger partial charge is 0.121 e. The number of benzene rings is 1. The normalized spacial score (nSPS) is 12.9. The third-order valence-electron chi connectivity index (χ3n) is 2.38. The molecule has 1 rings (SSSR count). The predicted octanol–water partition coefficient (Wildman–Crippen LogP) is 1.39. The molecule has 0 unspecified atom stereocenters. The van der Waals surface area contributed by atoms with Crippen molar-refractivity contribution in [3.63, 3.8) is 0 Å². The van der Waals surface area contributed by atoms with Crippen LogP contribution < -0.4 is 5.73 Å². The predicted molar refractivity (Wildman–Crippen MR) is 56.2 cm³/mol. The summed E-state index contributed by atoms with van der Waals surface area (Å²) in [6, 6.07) is 3.57. The van der Waals surface area contributed by atoms with Gasteiger partial charge < -0.3 is 15.9 Å². The average Bonchev–Trinajstić information content (AvgIpc) is 2.13. The minimum atomic E-state index is -0.155. The lowest BCUT2D eigenvalue weighted by molar-refractivity contribution is 0.276. The maximum Gasteiger partial charge on any atom is 0.121 e. The quantitative estimate of drug-likeness (QED) is 0.682. The van der Waals surface area contributed by atoms with Gasteiger partial charge in [0, 0.05) is 12.6 Å². The first-order chi connectivity index (χ1) is 6.56. The summed E-state index contributed by atoms with van der Waals surface area (Å²) in [5, 5.41) is 18.3. The van der Waals surface area contributed by atoms with Crippen molar-refractivity contribution in [1.82, 2.24) is 0 Å². The Morgan fingerprint density at radius 3 is 2.21 bits per heavy atom. The van der Waals surface area contributed by atoms with Gasteiger partial charge in [0.05, 0.1) is 0 Å². The molecular weight excluding hydrogens is 178 g/mol. The molecule has 1 aromatic rings. The van der Waals surface area contributed by atoms with E-state index in [1.807, 2.05) is 26.0 Å². The van der Waals surface area contributed by atoms with Crippen molar-refractivity contribution in [2.24, 2.45) is 5.73 Å². The maximum absolute atomic E-state index is 9.55. The summed E-state index contributed by atoms with van der Waals surface area (Å²) >= 11 is 0. The van der Waals surface area contributed by atoms with Gasteiger partial charge in [0.15, 0.2) is 0 Å². The minimum absolute atomic E-state index is 0.0835. The third kappa shape index (κ3) is 2.25. The number of aromatic hydroxyl groups is 1. The lowest BCUT2D eigenvalue weighted by atomic mass is 9.99. The molecule has 0 aliphatic rings. The summed E-state index contributed by atoms with van der Waals surface area (Å²) in [5.41, 5.74) is 8.47. The highest BCUT2D eigenvalue weighted by Crippen LogP contribution is 2.26. The third-order valence-corrected chi connectivity index (χ3v) is 2.38. The molecule has 0 heterocycles. The van der Waals surface area contributed by atoms with Crippen LogP contribution in [0.15, 0.2) is 12.1 Å². The average molecular weight is 195 g/mol. The summed E-state index contributed by atoms with van der Waals surface area (Å²) < 4.78 is 0. The Hall–Kier alpha value is -1.06. The Kier molecular flexibility index (Phi) is 3.49. The topological polar surface area (TPSA) is 66.5 Å². The largest absolute Gasteiger partial charge is 0.507 e. The highest BCUT2D eigenvalue weighted by Gasteiger charge is 2.09. The molecule has 0 amide bonds. The molecule has 3 nitrogen and oxygen atoms in total. The number of rotatable bonds is 3. The van der Waals surface area contributed by atoms with Crippen LogP contribution in [0.1, 0.15) is 29.2 Å². The van der Waals surface area contributed by atoms with Gasteiger partial charge in [0.1, 0.15) is 5.75 Å². The molecule has 1 aromatic carbocycles. The minimum Gasteiger partial charge on any atom is -0.507 e. The second-order valence-electron chi connectivity index (χ2n) is 3.62. The van der Waals surface area contributed by atoms with Crippen molar-refractivity contribution in [3.8, 4) is 5.75 Å². The fourth-order valence-corrected chi connectivity index (χ4v) is 1.51. The second-order valence-corrected chi connectivity index (χ2v) is 3.62. The molecule has 0 bridgehead atoms. The van der Waals surface area contributed by atoms with Crippen molar-refractivity contribution in [2.45, 2.75) is 26.3 Å². The molecule has 0 aromatic heterocycles. The van der Waals surface area contributed by atoms with E-state index in [2.05, 4.69) is 0 Å². The van der Waals surface area contributed by atoms with Gasteiger partial charge in [0.25, 0.3) is 0 Å². The van der Waals surface area contributed by atoms with Crippen molar-refractivity contribution in [1.29, 1.82) is 0 Å². The zero-order valence-electron chi connectivity index (χ0n) is 8.62. The Morgan fingerprint density at radius 1 is 1.29 bits per heavy atom. The summed E-state index contributed by atoms with van der Waals surface area (Å²) in [6.45, 7) is 3.77. The van der Waals surface area contributed by atoms with E-state index in [0.717, 1.165) is 16.7 Å². The zero-order valence-corrected chi connectivity index (χ0v) is 8.62. The Labute approximate surface area is 84.2 Å². The summed E-state index contributed by atoms with van der Waals surface area (Å²) in [7, 11) is 0. The van der Waals surface area contributed by atoms with Gasteiger partial charge in [-0.3, -0.25) is 0 Å². The molecule has 0 saturated heterocycles. The number of aliphatic hydroxyl groups excluding tert-OH is 1. The molecular formula is C11H17NO2. The highest BCUT2D eigenvalue weighted by molar-refractivity contribution is 5.43. The van der Waals surface area contributed by atoms with E-state index in [1.165, 1.54) is 0 Å². The lowest BCUT2D eigenvalue weighted by Gasteiger charge is -2.13.